The van der Waals surface area contributed by atoms with E-state index in [1.165, 1.54) is 13.0 Å². The third-order valence-electron chi connectivity index (χ3n) is 0.806. The minimum Gasteiger partial charge on any atom is -0.345 e. The van der Waals surface area contributed by atoms with Gasteiger partial charge in [0.1, 0.15) is 0 Å². The molecule has 0 radical (unpaired) electrons. The van der Waals surface area contributed by atoms with E-state index < -0.39 is 0 Å². The topological polar surface area (TPSA) is 16.6 Å². The second kappa shape index (κ2) is 6.25. The lowest BCUT2D eigenvalue weighted by molar-refractivity contribution is -0.650. The molecule has 0 heterocycles. The van der Waals surface area contributed by atoms with Crippen molar-refractivity contribution in [2.24, 2.45) is 0 Å². The van der Waals surface area contributed by atoms with Gasteiger partial charge in [-0.1, -0.05) is 6.92 Å². The molecule has 0 saturated carbocycles. The van der Waals surface area contributed by atoms with E-state index in [-0.39, 0.29) is 0 Å². The molecule has 0 amide bonds. The average Bonchev–Trinajstić information content (AvgIpc) is 1.69. The van der Waals surface area contributed by atoms with Crippen LogP contribution < -0.4 is 5.32 Å². The van der Waals surface area contributed by atoms with E-state index >= 15 is 0 Å². The van der Waals surface area contributed by atoms with Crippen LogP contribution >= 0.6 is 11.6 Å². The molecule has 0 aromatic heterocycles. The highest BCUT2D eigenvalue weighted by Gasteiger charge is 1.81. The van der Waals surface area contributed by atoms with Gasteiger partial charge in [0.2, 0.25) is 0 Å². The fourth-order valence-electron chi connectivity index (χ4n) is 0.426. The maximum Gasteiger partial charge on any atom is 0.0893 e. The molecule has 0 bridgehead atoms. The zero-order valence-corrected chi connectivity index (χ0v) is 5.54. The predicted molar refractivity (Wildman–Crippen MR) is 32.7 cm³/mol. The first-order valence-electron chi connectivity index (χ1n) is 2.79. The minimum atomic E-state index is 0.778. The van der Waals surface area contributed by atoms with Crippen LogP contribution in [0.1, 0.15) is 13.3 Å². The van der Waals surface area contributed by atoms with Crippen LogP contribution in [0, 0.1) is 0 Å². The maximum atomic E-state index is 5.41. The lowest BCUT2D eigenvalue weighted by Gasteiger charge is -1.91. The van der Waals surface area contributed by atoms with Gasteiger partial charge < -0.3 is 5.32 Å². The van der Waals surface area contributed by atoms with Crippen molar-refractivity contribution in [3.8, 4) is 0 Å². The van der Waals surface area contributed by atoms with Crippen LogP contribution in [-0.2, 0) is 0 Å². The second-order valence-corrected chi connectivity index (χ2v) is 1.93. The molecule has 0 aliphatic carbocycles. The first-order valence-corrected chi connectivity index (χ1v) is 3.33. The number of rotatable bonds is 4. The van der Waals surface area contributed by atoms with Gasteiger partial charge in [-0.3, -0.25) is 0 Å². The summed E-state index contributed by atoms with van der Waals surface area (Å²) in [6.07, 6.45) is 1.25. The van der Waals surface area contributed by atoms with Gasteiger partial charge in [0, 0.05) is 0 Å². The Morgan fingerprint density at radius 1 is 1.43 bits per heavy atom. The van der Waals surface area contributed by atoms with Gasteiger partial charge >= 0.3 is 0 Å². The molecule has 0 spiro atoms. The van der Waals surface area contributed by atoms with Gasteiger partial charge in [-0.15, -0.1) is 11.6 Å². The van der Waals surface area contributed by atoms with E-state index in [0.29, 0.717) is 0 Å². The zero-order valence-electron chi connectivity index (χ0n) is 4.78. The Hall–Kier alpha value is 0.250. The molecule has 1 nitrogen and oxygen atoms in total. The van der Waals surface area contributed by atoms with E-state index in [1.807, 2.05) is 0 Å². The summed E-state index contributed by atoms with van der Waals surface area (Å²) in [6.45, 7) is 4.45. The summed E-state index contributed by atoms with van der Waals surface area (Å²) in [5.41, 5.74) is 0. The molecule has 2 N–H and O–H groups in total. The molecular weight excluding hydrogens is 110 g/mol. The van der Waals surface area contributed by atoms with Crippen molar-refractivity contribution >= 4 is 11.6 Å². The number of nitrogens with two attached hydrogens (primary N) is 1. The first kappa shape index (κ1) is 7.25. The van der Waals surface area contributed by atoms with Crippen molar-refractivity contribution in [2.45, 2.75) is 13.3 Å². The van der Waals surface area contributed by atoms with E-state index in [1.54, 1.807) is 0 Å². The molecular formula is C5H13ClN+. The third kappa shape index (κ3) is 6.25. The predicted octanol–water partition coefficient (Wildman–Crippen LogP) is 0.199. The lowest BCUT2D eigenvalue weighted by atomic mass is 10.5. The number of halogens is 1. The van der Waals surface area contributed by atoms with Gasteiger partial charge in [0.05, 0.1) is 19.0 Å². The number of hydrogen-bond donors (Lipinski definition) is 1. The molecule has 0 rings (SSSR count). The largest absolute Gasteiger partial charge is 0.345 e. The Morgan fingerprint density at radius 3 is 2.57 bits per heavy atom. The highest BCUT2D eigenvalue weighted by molar-refractivity contribution is 6.17. The molecule has 44 valence electrons. The van der Waals surface area contributed by atoms with Crippen molar-refractivity contribution in [2.75, 3.05) is 19.0 Å². The molecule has 0 fully saturated rings. The molecule has 0 atom stereocenters. The van der Waals surface area contributed by atoms with Gasteiger partial charge in [-0.05, 0) is 6.42 Å². The molecule has 0 unspecified atom stereocenters. The summed E-state index contributed by atoms with van der Waals surface area (Å²) < 4.78 is 0. The van der Waals surface area contributed by atoms with Crippen molar-refractivity contribution in [1.82, 2.24) is 0 Å². The number of quaternary nitrogens is 1. The number of alkyl halides is 1. The minimum absolute atomic E-state index is 0.778. The summed E-state index contributed by atoms with van der Waals surface area (Å²) in [4.78, 5) is 0. The van der Waals surface area contributed by atoms with E-state index in [9.17, 15) is 0 Å². The summed E-state index contributed by atoms with van der Waals surface area (Å²) in [5.74, 6) is 0.778. The third-order valence-corrected chi connectivity index (χ3v) is 1.02. The zero-order chi connectivity index (χ0) is 5.54. The van der Waals surface area contributed by atoms with Crippen molar-refractivity contribution in [3.05, 3.63) is 0 Å². The van der Waals surface area contributed by atoms with E-state index in [4.69, 9.17) is 11.6 Å². The molecule has 7 heavy (non-hydrogen) atoms. The molecule has 0 aromatic carbocycles. The number of hydrogen-bond acceptors (Lipinski definition) is 0. The van der Waals surface area contributed by atoms with Crippen molar-refractivity contribution in [3.63, 3.8) is 0 Å². The van der Waals surface area contributed by atoms with E-state index in [2.05, 4.69) is 12.2 Å². The summed E-state index contributed by atoms with van der Waals surface area (Å²) in [6, 6.07) is 0. The first-order chi connectivity index (χ1) is 3.41. The van der Waals surface area contributed by atoms with Crippen LogP contribution in [0.25, 0.3) is 0 Å². The Balaban J connectivity index is 2.45. The molecule has 0 aliphatic rings. The Morgan fingerprint density at radius 2 is 2.14 bits per heavy atom. The van der Waals surface area contributed by atoms with Gasteiger partial charge in [-0.2, -0.15) is 0 Å². The van der Waals surface area contributed by atoms with Crippen LogP contribution in [0.5, 0.6) is 0 Å². The Kier molecular flexibility index (Phi) is 6.47. The second-order valence-electron chi connectivity index (χ2n) is 1.56. The maximum absolute atomic E-state index is 5.41. The van der Waals surface area contributed by atoms with Crippen LogP contribution in [-0.4, -0.2) is 19.0 Å². The SMILES string of the molecule is CCC[NH2+]CCCl. The smallest absolute Gasteiger partial charge is 0.0893 e. The summed E-state index contributed by atoms with van der Waals surface area (Å²) >= 11 is 5.41. The highest BCUT2D eigenvalue weighted by Crippen LogP contribution is 1.63. The van der Waals surface area contributed by atoms with E-state index in [0.717, 1.165) is 12.4 Å². The standard InChI is InChI=1S/C5H12ClN/c1-2-4-7-5-3-6/h7H,2-5H2,1H3/p+1. The van der Waals surface area contributed by atoms with Gasteiger partial charge in [0.15, 0.2) is 0 Å². The van der Waals surface area contributed by atoms with Crippen LogP contribution in [0.4, 0.5) is 0 Å². The van der Waals surface area contributed by atoms with Crippen LogP contribution in [0.15, 0.2) is 0 Å². The molecule has 0 saturated heterocycles. The fraction of sp³-hybridized carbons (Fsp3) is 1.00. The van der Waals surface area contributed by atoms with Crippen LogP contribution in [0.3, 0.4) is 0 Å². The monoisotopic (exact) mass is 122 g/mol. The molecule has 0 aromatic rings. The summed E-state index contributed by atoms with van der Waals surface area (Å²) in [5, 5.41) is 2.23. The summed E-state index contributed by atoms with van der Waals surface area (Å²) in [7, 11) is 0. The Labute approximate surface area is 50.1 Å². The van der Waals surface area contributed by atoms with Gasteiger partial charge in [0.25, 0.3) is 0 Å². The quantitative estimate of drug-likeness (QED) is 0.405. The van der Waals surface area contributed by atoms with Crippen molar-refractivity contribution in [1.29, 1.82) is 0 Å². The van der Waals surface area contributed by atoms with Gasteiger partial charge in [-0.25, -0.2) is 0 Å². The highest BCUT2D eigenvalue weighted by atomic mass is 35.5. The molecule has 0 aliphatic heterocycles. The average molecular weight is 123 g/mol. The Bertz CT molecular complexity index is 27.3. The molecule has 2 heteroatoms. The fourth-order valence-corrected chi connectivity index (χ4v) is 0.580. The lowest BCUT2D eigenvalue weighted by Crippen LogP contribution is -2.84. The normalized spacial score (nSPS) is 9.43. The van der Waals surface area contributed by atoms with Crippen LogP contribution in [0.2, 0.25) is 0 Å². The van der Waals surface area contributed by atoms with Crippen molar-refractivity contribution < 1.29 is 5.32 Å².